The maximum absolute atomic E-state index is 12.0. The molecule has 0 aliphatic carbocycles. The van der Waals surface area contributed by atoms with E-state index >= 15 is 0 Å². The number of hydrogen-bond acceptors (Lipinski definition) is 3. The highest BCUT2D eigenvalue weighted by atomic mass is 16.6. The Labute approximate surface area is 109 Å². The molecule has 2 amide bonds. The van der Waals surface area contributed by atoms with Crippen molar-refractivity contribution in [2.24, 2.45) is 5.92 Å². The molecule has 0 aromatic rings. The third kappa shape index (κ3) is 4.55. The average molecular weight is 256 g/mol. The topological polar surface area (TPSA) is 58.6 Å². The van der Waals surface area contributed by atoms with Crippen molar-refractivity contribution in [3.8, 4) is 0 Å². The van der Waals surface area contributed by atoms with Crippen LogP contribution < -0.4 is 5.32 Å². The number of likely N-dealkylation sites (tertiary alicyclic amines) is 1. The molecule has 1 N–H and O–H groups in total. The van der Waals surface area contributed by atoms with Crippen molar-refractivity contribution in [1.29, 1.82) is 0 Å². The van der Waals surface area contributed by atoms with Crippen LogP contribution in [0.25, 0.3) is 0 Å². The minimum absolute atomic E-state index is 0.00917. The Morgan fingerprint density at radius 1 is 1.28 bits per heavy atom. The van der Waals surface area contributed by atoms with Crippen LogP contribution in [-0.4, -0.2) is 42.1 Å². The van der Waals surface area contributed by atoms with E-state index in [0.29, 0.717) is 32.5 Å². The Kier molecular flexibility index (Phi) is 4.99. The predicted molar refractivity (Wildman–Crippen MR) is 69.2 cm³/mol. The van der Waals surface area contributed by atoms with Crippen molar-refractivity contribution in [3.05, 3.63) is 0 Å². The van der Waals surface area contributed by atoms with E-state index in [1.165, 1.54) is 0 Å². The molecule has 0 aromatic carbocycles. The molecule has 5 nitrogen and oxygen atoms in total. The first-order chi connectivity index (χ1) is 8.33. The standard InChI is InChI=1S/C13H24N2O3/c1-5-18-12(17)15-8-6-10(7-9-15)11(16)14-13(2,3)4/h10H,5-9H2,1-4H3,(H,14,16). The molecule has 0 aromatic heterocycles. The van der Waals surface area contributed by atoms with E-state index in [0.717, 1.165) is 0 Å². The maximum Gasteiger partial charge on any atom is 0.409 e. The molecule has 1 rings (SSSR count). The minimum Gasteiger partial charge on any atom is -0.450 e. The molecule has 104 valence electrons. The highest BCUT2D eigenvalue weighted by Gasteiger charge is 2.29. The Balaban J connectivity index is 2.39. The summed E-state index contributed by atoms with van der Waals surface area (Å²) in [6.07, 6.45) is 1.15. The van der Waals surface area contributed by atoms with Crippen LogP contribution in [0.2, 0.25) is 0 Å². The third-order valence-electron chi connectivity index (χ3n) is 2.89. The summed E-state index contributed by atoms with van der Waals surface area (Å²) < 4.78 is 4.94. The third-order valence-corrected chi connectivity index (χ3v) is 2.89. The van der Waals surface area contributed by atoms with Gasteiger partial charge in [-0.25, -0.2) is 4.79 Å². The fraction of sp³-hybridized carbons (Fsp3) is 0.846. The summed E-state index contributed by atoms with van der Waals surface area (Å²) in [6, 6.07) is 0. The summed E-state index contributed by atoms with van der Waals surface area (Å²) in [4.78, 5) is 25.1. The first-order valence-corrected chi connectivity index (χ1v) is 6.57. The SMILES string of the molecule is CCOC(=O)N1CCC(C(=O)NC(C)(C)C)CC1. The first-order valence-electron chi connectivity index (χ1n) is 6.57. The van der Waals surface area contributed by atoms with E-state index in [1.54, 1.807) is 11.8 Å². The van der Waals surface area contributed by atoms with Gasteiger partial charge in [0, 0.05) is 24.5 Å². The minimum atomic E-state index is -0.271. The van der Waals surface area contributed by atoms with E-state index in [-0.39, 0.29) is 23.5 Å². The molecule has 5 heteroatoms. The molecule has 0 saturated carbocycles. The Bertz CT molecular complexity index is 302. The van der Waals surface area contributed by atoms with Gasteiger partial charge in [-0.2, -0.15) is 0 Å². The number of amides is 2. The van der Waals surface area contributed by atoms with Crippen molar-refractivity contribution in [3.63, 3.8) is 0 Å². The zero-order chi connectivity index (χ0) is 13.8. The van der Waals surface area contributed by atoms with Gasteiger partial charge < -0.3 is 15.0 Å². The van der Waals surface area contributed by atoms with Crippen molar-refractivity contribution >= 4 is 12.0 Å². The van der Waals surface area contributed by atoms with Gasteiger partial charge in [-0.15, -0.1) is 0 Å². The van der Waals surface area contributed by atoms with Gasteiger partial charge in [-0.1, -0.05) is 0 Å². The van der Waals surface area contributed by atoms with Crippen molar-refractivity contribution < 1.29 is 14.3 Å². The van der Waals surface area contributed by atoms with Gasteiger partial charge in [0.25, 0.3) is 0 Å². The van der Waals surface area contributed by atoms with E-state index in [4.69, 9.17) is 4.74 Å². The summed E-state index contributed by atoms with van der Waals surface area (Å²) in [5, 5.41) is 2.98. The zero-order valence-corrected chi connectivity index (χ0v) is 11.8. The van der Waals surface area contributed by atoms with E-state index in [1.807, 2.05) is 20.8 Å². The molecule has 0 spiro atoms. The smallest absolute Gasteiger partial charge is 0.409 e. The summed E-state index contributed by atoms with van der Waals surface area (Å²) in [7, 11) is 0. The lowest BCUT2D eigenvalue weighted by Crippen LogP contribution is -2.48. The molecule has 0 bridgehead atoms. The number of nitrogens with zero attached hydrogens (tertiary/aromatic N) is 1. The molecule has 0 radical (unpaired) electrons. The predicted octanol–water partition coefficient (Wildman–Crippen LogP) is 1.77. The van der Waals surface area contributed by atoms with Crippen LogP contribution in [0, 0.1) is 5.92 Å². The van der Waals surface area contributed by atoms with Crippen LogP contribution in [0.3, 0.4) is 0 Å². The molecular weight excluding hydrogens is 232 g/mol. The average Bonchev–Trinajstić information content (AvgIpc) is 2.27. The number of nitrogens with one attached hydrogen (secondary N) is 1. The maximum atomic E-state index is 12.0. The number of hydrogen-bond donors (Lipinski definition) is 1. The van der Waals surface area contributed by atoms with Crippen LogP contribution in [0.1, 0.15) is 40.5 Å². The van der Waals surface area contributed by atoms with Crippen molar-refractivity contribution in [2.75, 3.05) is 19.7 Å². The highest BCUT2D eigenvalue weighted by molar-refractivity contribution is 5.79. The molecule has 0 atom stereocenters. The number of rotatable bonds is 2. The van der Waals surface area contributed by atoms with Crippen LogP contribution in [0.15, 0.2) is 0 Å². The molecule has 1 saturated heterocycles. The Hall–Kier alpha value is -1.26. The lowest BCUT2D eigenvalue weighted by Gasteiger charge is -2.32. The van der Waals surface area contributed by atoms with Gasteiger partial charge in [0.1, 0.15) is 0 Å². The molecule has 1 aliphatic rings. The highest BCUT2D eigenvalue weighted by Crippen LogP contribution is 2.19. The van der Waals surface area contributed by atoms with E-state index in [9.17, 15) is 9.59 Å². The zero-order valence-electron chi connectivity index (χ0n) is 11.8. The molecular formula is C13H24N2O3. The number of ether oxygens (including phenoxy) is 1. The monoisotopic (exact) mass is 256 g/mol. The van der Waals surface area contributed by atoms with Gasteiger partial charge >= 0.3 is 6.09 Å². The Morgan fingerprint density at radius 3 is 2.28 bits per heavy atom. The fourth-order valence-corrected chi connectivity index (χ4v) is 2.01. The normalized spacial score (nSPS) is 17.4. The van der Waals surface area contributed by atoms with Crippen LogP contribution >= 0.6 is 0 Å². The van der Waals surface area contributed by atoms with Gasteiger partial charge in [0.15, 0.2) is 0 Å². The first kappa shape index (κ1) is 14.8. The van der Waals surface area contributed by atoms with Crippen molar-refractivity contribution in [1.82, 2.24) is 10.2 Å². The summed E-state index contributed by atoms with van der Waals surface area (Å²) >= 11 is 0. The van der Waals surface area contributed by atoms with E-state index in [2.05, 4.69) is 5.32 Å². The van der Waals surface area contributed by atoms with Crippen molar-refractivity contribution in [2.45, 2.75) is 46.1 Å². The molecule has 18 heavy (non-hydrogen) atoms. The lowest BCUT2D eigenvalue weighted by molar-refractivity contribution is -0.127. The largest absolute Gasteiger partial charge is 0.450 e. The van der Waals surface area contributed by atoms with Gasteiger partial charge in [0.05, 0.1) is 6.61 Å². The van der Waals surface area contributed by atoms with Crippen LogP contribution in [0.4, 0.5) is 4.79 Å². The van der Waals surface area contributed by atoms with E-state index < -0.39 is 0 Å². The summed E-state index contributed by atoms with van der Waals surface area (Å²) in [5.74, 6) is 0.0981. The van der Waals surface area contributed by atoms with Crippen LogP contribution in [0.5, 0.6) is 0 Å². The second kappa shape index (κ2) is 6.07. The fourth-order valence-electron chi connectivity index (χ4n) is 2.01. The summed E-state index contributed by atoms with van der Waals surface area (Å²) in [5.41, 5.74) is -0.199. The number of piperidine rings is 1. The number of carbonyl (C=O) groups excluding carboxylic acids is 2. The van der Waals surface area contributed by atoms with Gasteiger partial charge in [-0.05, 0) is 40.5 Å². The lowest BCUT2D eigenvalue weighted by atomic mass is 9.95. The molecule has 0 unspecified atom stereocenters. The van der Waals surface area contributed by atoms with Gasteiger partial charge in [0.2, 0.25) is 5.91 Å². The second-order valence-corrected chi connectivity index (χ2v) is 5.70. The Morgan fingerprint density at radius 2 is 1.83 bits per heavy atom. The summed E-state index contributed by atoms with van der Waals surface area (Å²) in [6.45, 7) is 9.29. The molecule has 1 fully saturated rings. The van der Waals surface area contributed by atoms with Crippen LogP contribution in [-0.2, 0) is 9.53 Å². The quantitative estimate of drug-likeness (QED) is 0.819. The molecule has 1 aliphatic heterocycles. The van der Waals surface area contributed by atoms with Gasteiger partial charge in [-0.3, -0.25) is 4.79 Å². The molecule has 1 heterocycles. The second-order valence-electron chi connectivity index (χ2n) is 5.70. The number of carbonyl (C=O) groups is 2.